The zero-order valence-electron chi connectivity index (χ0n) is 21.9. The average Bonchev–Trinajstić information content (AvgIpc) is 3.02. The van der Waals surface area contributed by atoms with Crippen molar-refractivity contribution in [3.63, 3.8) is 0 Å². The van der Waals surface area contributed by atoms with Crippen LogP contribution in [0.3, 0.4) is 0 Å². The zero-order valence-corrected chi connectivity index (χ0v) is 21.9. The maximum atomic E-state index is 12.7. The molecule has 6 heteroatoms. The smallest absolute Gasteiger partial charge is 0.259 e. The van der Waals surface area contributed by atoms with Gasteiger partial charge in [-0.1, -0.05) is 60.7 Å². The van der Waals surface area contributed by atoms with Gasteiger partial charge < -0.3 is 14.6 Å². The monoisotopic (exact) mass is 522 g/mol. The van der Waals surface area contributed by atoms with E-state index in [2.05, 4.69) is 74.5 Å². The van der Waals surface area contributed by atoms with Gasteiger partial charge in [-0.3, -0.25) is 9.78 Å². The molecule has 0 fully saturated rings. The highest BCUT2D eigenvalue weighted by atomic mass is 16.5. The van der Waals surface area contributed by atoms with Crippen LogP contribution in [0.25, 0.3) is 34.6 Å². The maximum Gasteiger partial charge on any atom is 0.259 e. The molecule has 194 valence electrons. The van der Waals surface area contributed by atoms with Gasteiger partial charge in [0.25, 0.3) is 5.56 Å². The molecular weight excluding hydrogens is 496 g/mol. The SMILES string of the molecule is COc1ccc2nc(-c3cc(/C=C/c4ccc(N(c5ccccc5)c5ccccc5)cc4)ccn3)[nH]c(=O)c2c1. The normalized spacial score (nSPS) is 11.1. The van der Waals surface area contributed by atoms with Crippen LogP contribution < -0.4 is 15.2 Å². The summed E-state index contributed by atoms with van der Waals surface area (Å²) in [6, 6.07) is 38.2. The highest BCUT2D eigenvalue weighted by molar-refractivity contribution is 5.81. The third-order valence-corrected chi connectivity index (χ3v) is 6.59. The number of nitrogens with zero attached hydrogens (tertiary/aromatic N) is 3. The summed E-state index contributed by atoms with van der Waals surface area (Å²) >= 11 is 0. The highest BCUT2D eigenvalue weighted by Crippen LogP contribution is 2.34. The second-order valence-electron chi connectivity index (χ2n) is 9.20. The minimum absolute atomic E-state index is 0.234. The molecule has 0 saturated heterocycles. The molecule has 0 bridgehead atoms. The number of benzene rings is 4. The van der Waals surface area contributed by atoms with E-state index >= 15 is 0 Å². The highest BCUT2D eigenvalue weighted by Gasteiger charge is 2.12. The first kappa shape index (κ1) is 24.8. The van der Waals surface area contributed by atoms with Crippen LogP contribution in [0.5, 0.6) is 5.75 Å². The lowest BCUT2D eigenvalue weighted by Crippen LogP contribution is -2.10. The number of aromatic nitrogens is 3. The molecule has 6 aromatic rings. The molecule has 0 aliphatic heterocycles. The molecule has 1 N–H and O–H groups in total. The standard InChI is InChI=1S/C34H26N4O2/c1-40-29-18-19-31-30(23-29)34(39)37-33(36-31)32-22-25(20-21-35-32)13-12-24-14-16-28(17-15-24)38(26-8-4-2-5-9-26)27-10-6-3-7-11-27/h2-23H,1H3,(H,36,37,39)/b13-12+. The van der Waals surface area contributed by atoms with Crippen molar-refractivity contribution in [2.75, 3.05) is 12.0 Å². The maximum absolute atomic E-state index is 12.7. The lowest BCUT2D eigenvalue weighted by atomic mass is 10.1. The number of aromatic amines is 1. The molecule has 0 aliphatic carbocycles. The van der Waals surface area contributed by atoms with Crippen molar-refractivity contribution in [3.05, 3.63) is 143 Å². The van der Waals surface area contributed by atoms with Crippen LogP contribution in [0.4, 0.5) is 17.1 Å². The molecule has 6 rings (SSSR count). The number of para-hydroxylation sites is 2. The molecular formula is C34H26N4O2. The van der Waals surface area contributed by atoms with Crippen molar-refractivity contribution < 1.29 is 4.74 Å². The lowest BCUT2D eigenvalue weighted by Gasteiger charge is -2.25. The predicted molar refractivity (Wildman–Crippen MR) is 162 cm³/mol. The summed E-state index contributed by atoms with van der Waals surface area (Å²) in [4.78, 5) is 26.8. The molecule has 2 heterocycles. The molecule has 6 nitrogen and oxygen atoms in total. The summed E-state index contributed by atoms with van der Waals surface area (Å²) in [6.45, 7) is 0. The fraction of sp³-hybridized carbons (Fsp3) is 0.0294. The first-order valence-corrected chi connectivity index (χ1v) is 12.9. The first-order chi connectivity index (χ1) is 19.7. The van der Waals surface area contributed by atoms with Gasteiger partial charge >= 0.3 is 0 Å². The molecule has 40 heavy (non-hydrogen) atoms. The second kappa shape index (κ2) is 11.1. The van der Waals surface area contributed by atoms with E-state index in [0.717, 1.165) is 28.2 Å². The van der Waals surface area contributed by atoms with Gasteiger partial charge in [0, 0.05) is 23.3 Å². The fourth-order valence-electron chi connectivity index (χ4n) is 4.57. The van der Waals surface area contributed by atoms with Crippen LogP contribution in [0.15, 0.2) is 126 Å². The van der Waals surface area contributed by atoms with Crippen LogP contribution in [-0.2, 0) is 0 Å². The minimum atomic E-state index is -0.234. The van der Waals surface area contributed by atoms with E-state index in [4.69, 9.17) is 4.74 Å². The molecule has 0 atom stereocenters. The van der Waals surface area contributed by atoms with Gasteiger partial charge in [-0.15, -0.1) is 0 Å². The zero-order chi connectivity index (χ0) is 27.3. The number of ether oxygens (including phenoxy) is 1. The Morgan fingerprint density at radius 3 is 2.05 bits per heavy atom. The van der Waals surface area contributed by atoms with Gasteiger partial charge in [-0.05, 0) is 77.9 Å². The Balaban J connectivity index is 1.26. The van der Waals surface area contributed by atoms with E-state index < -0.39 is 0 Å². The molecule has 0 saturated carbocycles. The van der Waals surface area contributed by atoms with Gasteiger partial charge in [0.15, 0.2) is 5.82 Å². The van der Waals surface area contributed by atoms with Crippen molar-refractivity contribution in [3.8, 4) is 17.3 Å². The van der Waals surface area contributed by atoms with Gasteiger partial charge in [-0.2, -0.15) is 0 Å². The van der Waals surface area contributed by atoms with Crippen molar-refractivity contribution in [2.24, 2.45) is 0 Å². The Kier molecular flexibility index (Phi) is 6.88. The minimum Gasteiger partial charge on any atom is -0.497 e. The third-order valence-electron chi connectivity index (χ3n) is 6.59. The number of nitrogens with one attached hydrogen (secondary N) is 1. The van der Waals surface area contributed by atoms with Crippen LogP contribution in [0, 0.1) is 0 Å². The quantitative estimate of drug-likeness (QED) is 0.233. The Hall–Kier alpha value is -5.49. The average molecular weight is 523 g/mol. The van der Waals surface area contributed by atoms with E-state index in [0.29, 0.717) is 28.2 Å². The second-order valence-corrected chi connectivity index (χ2v) is 9.20. The number of H-pyrrole nitrogens is 1. The van der Waals surface area contributed by atoms with Crippen LogP contribution in [0.2, 0.25) is 0 Å². The molecule has 0 spiro atoms. The Morgan fingerprint density at radius 1 is 0.725 bits per heavy atom. The summed E-state index contributed by atoms with van der Waals surface area (Å²) in [5.41, 5.74) is 6.22. The van der Waals surface area contributed by atoms with Crippen molar-refractivity contribution in [1.29, 1.82) is 0 Å². The van der Waals surface area contributed by atoms with Crippen LogP contribution >= 0.6 is 0 Å². The van der Waals surface area contributed by atoms with Crippen LogP contribution in [0.1, 0.15) is 11.1 Å². The van der Waals surface area contributed by atoms with Crippen molar-refractivity contribution in [1.82, 2.24) is 15.0 Å². The Labute approximate surface area is 231 Å². The summed E-state index contributed by atoms with van der Waals surface area (Å²) in [7, 11) is 1.57. The van der Waals surface area contributed by atoms with E-state index in [-0.39, 0.29) is 5.56 Å². The third kappa shape index (κ3) is 5.24. The van der Waals surface area contributed by atoms with E-state index in [1.54, 1.807) is 31.5 Å². The van der Waals surface area contributed by atoms with Gasteiger partial charge in [0.2, 0.25) is 0 Å². The van der Waals surface area contributed by atoms with E-state index in [1.165, 1.54) is 0 Å². The van der Waals surface area contributed by atoms with Crippen molar-refractivity contribution in [2.45, 2.75) is 0 Å². The lowest BCUT2D eigenvalue weighted by molar-refractivity contribution is 0.415. The molecule has 2 aromatic heterocycles. The summed E-state index contributed by atoms with van der Waals surface area (Å²) in [6.07, 6.45) is 5.80. The Morgan fingerprint density at radius 2 is 1.38 bits per heavy atom. The Bertz CT molecular complexity index is 1810. The summed E-state index contributed by atoms with van der Waals surface area (Å²) in [5.74, 6) is 1.03. The fourth-order valence-corrected chi connectivity index (χ4v) is 4.57. The van der Waals surface area contributed by atoms with Crippen molar-refractivity contribution >= 4 is 40.1 Å². The number of rotatable bonds is 7. The number of methoxy groups -OCH3 is 1. The van der Waals surface area contributed by atoms with E-state index in [1.807, 2.05) is 54.6 Å². The number of anilines is 3. The molecule has 0 unspecified atom stereocenters. The van der Waals surface area contributed by atoms with Gasteiger partial charge in [-0.25, -0.2) is 4.98 Å². The summed E-state index contributed by atoms with van der Waals surface area (Å²) < 4.78 is 5.23. The molecule has 0 radical (unpaired) electrons. The number of fused-ring (bicyclic) bond motifs is 1. The molecule has 0 aliphatic rings. The number of hydrogen-bond acceptors (Lipinski definition) is 5. The first-order valence-electron chi connectivity index (χ1n) is 12.9. The number of pyridine rings is 1. The largest absolute Gasteiger partial charge is 0.497 e. The topological polar surface area (TPSA) is 71.1 Å². The number of hydrogen-bond donors (Lipinski definition) is 1. The van der Waals surface area contributed by atoms with Crippen LogP contribution in [-0.4, -0.2) is 22.1 Å². The molecule has 0 amide bonds. The molecule has 4 aromatic carbocycles. The summed E-state index contributed by atoms with van der Waals surface area (Å²) in [5, 5.41) is 0.473. The van der Waals surface area contributed by atoms with Gasteiger partial charge in [0.05, 0.1) is 18.0 Å². The van der Waals surface area contributed by atoms with E-state index in [9.17, 15) is 4.79 Å². The predicted octanol–water partition coefficient (Wildman–Crippen LogP) is 7.63. The van der Waals surface area contributed by atoms with Gasteiger partial charge in [0.1, 0.15) is 11.4 Å².